The molecule has 2 heteroatoms. The smallest absolute Gasteiger partial charge is 0.332 e. The normalized spacial score (nSPS) is 23.8. The first-order valence-electron chi connectivity index (χ1n) is 5.88. The van der Waals surface area contributed by atoms with Gasteiger partial charge in [0.05, 0.1) is 0 Å². The van der Waals surface area contributed by atoms with Crippen LogP contribution >= 0.6 is 0 Å². The fraction of sp³-hybridized carbons (Fsp3) is 0.615. The third-order valence-electron chi connectivity index (χ3n) is 3.26. The maximum Gasteiger partial charge on any atom is 0.332 e. The number of hydrogen-bond donors (Lipinski definition) is 0. The molecule has 2 aliphatic rings. The fourth-order valence-corrected chi connectivity index (χ4v) is 2.45. The minimum Gasteiger partial charge on any atom is -0.451 e. The summed E-state index contributed by atoms with van der Waals surface area (Å²) < 4.78 is 5.47. The predicted octanol–water partition coefficient (Wildman–Crippen LogP) is 3.14. The van der Waals surface area contributed by atoms with Gasteiger partial charge in [-0.1, -0.05) is 25.5 Å². The lowest BCUT2D eigenvalue weighted by Gasteiger charge is -2.24. The summed E-state index contributed by atoms with van der Waals surface area (Å²) in [5, 5.41) is 0. The summed E-state index contributed by atoms with van der Waals surface area (Å²) in [5.41, 5.74) is 0.847. The summed E-state index contributed by atoms with van der Waals surface area (Å²) in [6.07, 6.45) is 12.5. The van der Waals surface area contributed by atoms with Crippen LogP contribution in [0.15, 0.2) is 23.8 Å². The number of allylic oxidation sites excluding steroid dienone is 1. The molecule has 0 amide bonds. The van der Waals surface area contributed by atoms with Crippen LogP contribution in [0.2, 0.25) is 0 Å². The molecule has 0 radical (unpaired) electrons. The van der Waals surface area contributed by atoms with Crippen molar-refractivity contribution in [3.63, 3.8) is 0 Å². The zero-order valence-electron chi connectivity index (χ0n) is 9.29. The quantitative estimate of drug-likeness (QED) is 0.663. The lowest BCUT2D eigenvalue weighted by molar-refractivity contribution is -0.145. The van der Waals surface area contributed by atoms with Gasteiger partial charge in [0.25, 0.3) is 0 Å². The van der Waals surface area contributed by atoms with Crippen molar-refractivity contribution < 1.29 is 9.53 Å². The molecule has 0 unspecified atom stereocenters. The number of unbranched alkanes of at least 4 members (excludes halogenated alkanes) is 1. The Bertz CT molecular complexity index is 306. The SMILES string of the molecule is CCC/C=C/C1=CC(=O)OC12CCCC2. The van der Waals surface area contributed by atoms with E-state index < -0.39 is 0 Å². The number of rotatable bonds is 3. The summed E-state index contributed by atoms with van der Waals surface area (Å²) in [5.74, 6) is -0.159. The van der Waals surface area contributed by atoms with Crippen molar-refractivity contribution in [1.29, 1.82) is 0 Å². The molecular formula is C13H18O2. The van der Waals surface area contributed by atoms with Crippen LogP contribution in [0, 0.1) is 0 Å². The predicted molar refractivity (Wildman–Crippen MR) is 59.4 cm³/mol. The number of hydrogen-bond acceptors (Lipinski definition) is 2. The molecule has 2 rings (SSSR count). The highest BCUT2D eigenvalue weighted by molar-refractivity contribution is 5.87. The largest absolute Gasteiger partial charge is 0.451 e. The first-order valence-corrected chi connectivity index (χ1v) is 5.88. The van der Waals surface area contributed by atoms with Crippen molar-refractivity contribution in [2.45, 2.75) is 51.0 Å². The molecule has 82 valence electrons. The Kier molecular flexibility index (Phi) is 2.94. The van der Waals surface area contributed by atoms with Crippen molar-refractivity contribution in [2.75, 3.05) is 0 Å². The third-order valence-corrected chi connectivity index (χ3v) is 3.26. The van der Waals surface area contributed by atoms with E-state index in [1.54, 1.807) is 6.08 Å². The van der Waals surface area contributed by atoms with Crippen molar-refractivity contribution in [1.82, 2.24) is 0 Å². The van der Waals surface area contributed by atoms with Crippen molar-refractivity contribution >= 4 is 5.97 Å². The second kappa shape index (κ2) is 4.21. The summed E-state index contributed by atoms with van der Waals surface area (Å²) in [6, 6.07) is 0. The average Bonchev–Trinajstić information content (AvgIpc) is 2.77. The molecule has 0 bridgehead atoms. The van der Waals surface area contributed by atoms with E-state index in [1.807, 2.05) is 0 Å². The molecular weight excluding hydrogens is 188 g/mol. The molecule has 1 fully saturated rings. The van der Waals surface area contributed by atoms with Gasteiger partial charge in [0.2, 0.25) is 0 Å². The minimum atomic E-state index is -0.249. The Morgan fingerprint density at radius 1 is 1.47 bits per heavy atom. The highest BCUT2D eigenvalue weighted by atomic mass is 16.6. The van der Waals surface area contributed by atoms with Gasteiger partial charge in [-0.05, 0) is 32.1 Å². The standard InChI is InChI=1S/C13H18O2/c1-2-3-4-7-11-10-12(14)15-13(11)8-5-6-9-13/h4,7,10H,2-3,5-6,8-9H2,1H3/b7-4+. The Morgan fingerprint density at radius 3 is 2.87 bits per heavy atom. The molecule has 0 saturated heterocycles. The first-order chi connectivity index (χ1) is 7.27. The van der Waals surface area contributed by atoms with E-state index >= 15 is 0 Å². The highest BCUT2D eigenvalue weighted by Crippen LogP contribution is 2.43. The van der Waals surface area contributed by atoms with Gasteiger partial charge >= 0.3 is 5.97 Å². The fourth-order valence-electron chi connectivity index (χ4n) is 2.45. The molecule has 1 aliphatic carbocycles. The van der Waals surface area contributed by atoms with Crippen molar-refractivity contribution in [3.8, 4) is 0 Å². The van der Waals surface area contributed by atoms with Crippen LogP contribution in [-0.4, -0.2) is 11.6 Å². The lowest BCUT2D eigenvalue weighted by Crippen LogP contribution is -2.27. The molecule has 1 aliphatic heterocycles. The number of carbonyl (C=O) groups excluding carboxylic acids is 1. The second-order valence-corrected chi connectivity index (χ2v) is 4.41. The maximum absolute atomic E-state index is 11.3. The van der Waals surface area contributed by atoms with Crippen LogP contribution in [-0.2, 0) is 9.53 Å². The number of ether oxygens (including phenoxy) is 1. The zero-order valence-corrected chi connectivity index (χ0v) is 9.29. The van der Waals surface area contributed by atoms with Gasteiger partial charge in [0, 0.05) is 11.6 Å². The highest BCUT2D eigenvalue weighted by Gasteiger charge is 2.43. The molecule has 0 atom stereocenters. The second-order valence-electron chi connectivity index (χ2n) is 4.41. The molecule has 0 aromatic heterocycles. The van der Waals surface area contributed by atoms with Crippen LogP contribution in [0.4, 0.5) is 0 Å². The first kappa shape index (κ1) is 10.5. The molecule has 0 N–H and O–H groups in total. The molecule has 0 aromatic rings. The monoisotopic (exact) mass is 206 g/mol. The Labute approximate surface area is 91.0 Å². The average molecular weight is 206 g/mol. The topological polar surface area (TPSA) is 26.3 Å². The molecule has 1 spiro atoms. The maximum atomic E-state index is 11.3. The molecule has 0 aromatic carbocycles. The summed E-state index contributed by atoms with van der Waals surface area (Å²) >= 11 is 0. The molecule has 1 saturated carbocycles. The van der Waals surface area contributed by atoms with Gasteiger partial charge in [-0.2, -0.15) is 0 Å². The van der Waals surface area contributed by atoms with Gasteiger partial charge in [-0.3, -0.25) is 0 Å². The Hall–Kier alpha value is -1.05. The van der Waals surface area contributed by atoms with Gasteiger partial charge < -0.3 is 4.74 Å². The summed E-state index contributed by atoms with van der Waals surface area (Å²) in [6.45, 7) is 2.15. The van der Waals surface area contributed by atoms with Crippen LogP contribution in [0.5, 0.6) is 0 Å². The van der Waals surface area contributed by atoms with Crippen LogP contribution in [0.3, 0.4) is 0 Å². The zero-order chi connectivity index (χ0) is 10.7. The van der Waals surface area contributed by atoms with Gasteiger partial charge in [-0.15, -0.1) is 0 Å². The minimum absolute atomic E-state index is 0.159. The molecule has 15 heavy (non-hydrogen) atoms. The van der Waals surface area contributed by atoms with E-state index in [0.717, 1.165) is 31.3 Å². The van der Waals surface area contributed by atoms with Gasteiger partial charge in [0.1, 0.15) is 5.60 Å². The van der Waals surface area contributed by atoms with Crippen LogP contribution in [0.1, 0.15) is 45.4 Å². The Balaban J connectivity index is 2.12. The van der Waals surface area contributed by atoms with E-state index in [-0.39, 0.29) is 11.6 Å². The van der Waals surface area contributed by atoms with E-state index in [1.165, 1.54) is 12.8 Å². The van der Waals surface area contributed by atoms with E-state index in [4.69, 9.17) is 4.74 Å². The summed E-state index contributed by atoms with van der Waals surface area (Å²) in [7, 11) is 0. The van der Waals surface area contributed by atoms with Crippen molar-refractivity contribution in [3.05, 3.63) is 23.8 Å². The number of carbonyl (C=O) groups is 1. The summed E-state index contributed by atoms with van der Waals surface area (Å²) in [4.78, 5) is 11.3. The Morgan fingerprint density at radius 2 is 2.20 bits per heavy atom. The van der Waals surface area contributed by atoms with Crippen LogP contribution in [0.25, 0.3) is 0 Å². The van der Waals surface area contributed by atoms with E-state index in [9.17, 15) is 4.79 Å². The van der Waals surface area contributed by atoms with Crippen LogP contribution < -0.4 is 0 Å². The third kappa shape index (κ3) is 1.99. The van der Waals surface area contributed by atoms with E-state index in [0.29, 0.717) is 0 Å². The molecule has 2 nitrogen and oxygen atoms in total. The van der Waals surface area contributed by atoms with Gasteiger partial charge in [0.15, 0.2) is 0 Å². The lowest BCUT2D eigenvalue weighted by atomic mass is 9.92. The molecule has 1 heterocycles. The van der Waals surface area contributed by atoms with Gasteiger partial charge in [-0.25, -0.2) is 4.79 Å². The van der Waals surface area contributed by atoms with Crippen molar-refractivity contribution in [2.24, 2.45) is 0 Å². The van der Waals surface area contributed by atoms with E-state index in [2.05, 4.69) is 19.1 Å². The number of esters is 1.